The third kappa shape index (κ3) is 5.16. The van der Waals surface area contributed by atoms with E-state index in [1.807, 2.05) is 18.4 Å². The lowest BCUT2D eigenvalue weighted by atomic mass is 10.0. The van der Waals surface area contributed by atoms with E-state index in [-0.39, 0.29) is 5.91 Å². The maximum Gasteiger partial charge on any atom is 0.221 e. The highest BCUT2D eigenvalue weighted by Crippen LogP contribution is 2.22. The molecule has 0 aliphatic rings. The van der Waals surface area contributed by atoms with Crippen LogP contribution in [0, 0.1) is 0 Å². The first-order valence-electron chi connectivity index (χ1n) is 6.21. The maximum absolute atomic E-state index is 11.0. The SMILES string of the molecule is CCCC(C)(O)CNCc1sccc1NC(C)=O. The number of carbonyl (C=O) groups excluding carboxylic acids is 1. The van der Waals surface area contributed by atoms with Crippen LogP contribution in [-0.4, -0.2) is 23.2 Å². The summed E-state index contributed by atoms with van der Waals surface area (Å²) in [5.41, 5.74) is 0.190. The molecule has 0 bridgehead atoms. The minimum Gasteiger partial charge on any atom is -0.389 e. The standard InChI is InChI=1S/C13H22N2O2S/c1-4-6-13(3,17)9-14-8-12-11(5-7-18-12)15-10(2)16/h5,7,14,17H,4,6,8-9H2,1-3H3,(H,15,16). The van der Waals surface area contributed by atoms with Gasteiger partial charge in [-0.3, -0.25) is 4.79 Å². The summed E-state index contributed by atoms with van der Waals surface area (Å²) < 4.78 is 0. The molecule has 0 saturated carbocycles. The Hall–Kier alpha value is -0.910. The van der Waals surface area contributed by atoms with Gasteiger partial charge in [0.05, 0.1) is 11.3 Å². The zero-order chi connectivity index (χ0) is 13.6. The van der Waals surface area contributed by atoms with Crippen LogP contribution in [0.3, 0.4) is 0 Å². The molecule has 3 N–H and O–H groups in total. The Balaban J connectivity index is 2.44. The molecular formula is C13H22N2O2S. The van der Waals surface area contributed by atoms with Crippen LogP contribution < -0.4 is 10.6 Å². The van der Waals surface area contributed by atoms with E-state index >= 15 is 0 Å². The first-order chi connectivity index (χ1) is 8.44. The number of amides is 1. The fourth-order valence-corrected chi connectivity index (χ4v) is 2.65. The average molecular weight is 270 g/mol. The molecule has 18 heavy (non-hydrogen) atoms. The van der Waals surface area contributed by atoms with Crippen molar-refractivity contribution in [3.8, 4) is 0 Å². The van der Waals surface area contributed by atoms with Gasteiger partial charge >= 0.3 is 0 Å². The number of carbonyl (C=O) groups is 1. The molecule has 0 aliphatic heterocycles. The fraction of sp³-hybridized carbons (Fsp3) is 0.615. The number of hydrogen-bond donors (Lipinski definition) is 3. The minimum atomic E-state index is -0.666. The van der Waals surface area contributed by atoms with Gasteiger partial charge in [-0.05, 0) is 24.8 Å². The van der Waals surface area contributed by atoms with E-state index in [1.54, 1.807) is 11.3 Å². The molecule has 0 aliphatic carbocycles. The second-order valence-corrected chi connectivity index (χ2v) is 5.79. The summed E-state index contributed by atoms with van der Waals surface area (Å²) in [6.07, 6.45) is 1.74. The lowest BCUT2D eigenvalue weighted by Crippen LogP contribution is -2.37. The molecular weight excluding hydrogens is 248 g/mol. The van der Waals surface area contributed by atoms with E-state index < -0.39 is 5.60 Å². The Morgan fingerprint density at radius 3 is 2.89 bits per heavy atom. The van der Waals surface area contributed by atoms with E-state index in [4.69, 9.17) is 0 Å². The molecule has 102 valence electrons. The van der Waals surface area contributed by atoms with Crippen LogP contribution in [0.2, 0.25) is 0 Å². The fourth-order valence-electron chi connectivity index (χ4n) is 1.85. The van der Waals surface area contributed by atoms with Crippen molar-refractivity contribution in [2.24, 2.45) is 0 Å². The van der Waals surface area contributed by atoms with Crippen molar-refractivity contribution >= 4 is 22.9 Å². The second kappa shape index (κ2) is 6.87. The normalized spacial score (nSPS) is 14.2. The molecule has 0 saturated heterocycles. The Labute approximate surface area is 112 Å². The highest BCUT2D eigenvalue weighted by atomic mass is 32.1. The Morgan fingerprint density at radius 2 is 2.28 bits per heavy atom. The first kappa shape index (κ1) is 15.1. The molecule has 5 heteroatoms. The number of thiophene rings is 1. The van der Waals surface area contributed by atoms with Gasteiger partial charge in [-0.15, -0.1) is 11.3 Å². The van der Waals surface area contributed by atoms with E-state index in [1.165, 1.54) is 6.92 Å². The number of hydrogen-bond acceptors (Lipinski definition) is 4. The molecule has 0 radical (unpaired) electrons. The van der Waals surface area contributed by atoms with Gasteiger partial charge in [0.25, 0.3) is 0 Å². The van der Waals surface area contributed by atoms with Gasteiger partial charge in [-0.1, -0.05) is 13.3 Å². The van der Waals surface area contributed by atoms with Gasteiger partial charge in [-0.25, -0.2) is 0 Å². The van der Waals surface area contributed by atoms with Crippen LogP contribution in [0.1, 0.15) is 38.5 Å². The molecule has 1 aromatic heterocycles. The molecule has 1 rings (SSSR count). The zero-order valence-corrected chi connectivity index (χ0v) is 12.1. The summed E-state index contributed by atoms with van der Waals surface area (Å²) in [5, 5.41) is 18.0. The van der Waals surface area contributed by atoms with Crippen LogP contribution in [-0.2, 0) is 11.3 Å². The Morgan fingerprint density at radius 1 is 1.56 bits per heavy atom. The van der Waals surface area contributed by atoms with Crippen LogP contribution in [0.15, 0.2) is 11.4 Å². The second-order valence-electron chi connectivity index (χ2n) is 4.79. The van der Waals surface area contributed by atoms with Crippen molar-refractivity contribution < 1.29 is 9.90 Å². The first-order valence-corrected chi connectivity index (χ1v) is 7.09. The van der Waals surface area contributed by atoms with Gasteiger partial charge in [0, 0.05) is 24.9 Å². The molecule has 1 unspecified atom stereocenters. The summed E-state index contributed by atoms with van der Waals surface area (Å²) in [5.74, 6) is -0.0624. The van der Waals surface area contributed by atoms with Crippen molar-refractivity contribution in [3.63, 3.8) is 0 Å². The third-order valence-electron chi connectivity index (χ3n) is 2.64. The maximum atomic E-state index is 11.0. The topological polar surface area (TPSA) is 61.4 Å². The van der Waals surface area contributed by atoms with Crippen molar-refractivity contribution in [2.45, 2.75) is 45.8 Å². The molecule has 1 atom stereocenters. The van der Waals surface area contributed by atoms with Crippen molar-refractivity contribution in [1.29, 1.82) is 0 Å². The number of rotatable bonds is 7. The van der Waals surface area contributed by atoms with E-state index in [2.05, 4.69) is 17.6 Å². The van der Waals surface area contributed by atoms with Gasteiger partial charge in [0.15, 0.2) is 0 Å². The number of aliphatic hydroxyl groups is 1. The van der Waals surface area contributed by atoms with Crippen LogP contribution >= 0.6 is 11.3 Å². The molecule has 1 amide bonds. The predicted octanol–water partition coefficient (Wildman–Crippen LogP) is 2.35. The van der Waals surface area contributed by atoms with E-state index in [9.17, 15) is 9.90 Å². The van der Waals surface area contributed by atoms with Gasteiger partial charge in [-0.2, -0.15) is 0 Å². The largest absolute Gasteiger partial charge is 0.389 e. The smallest absolute Gasteiger partial charge is 0.221 e. The summed E-state index contributed by atoms with van der Waals surface area (Å²) in [6, 6.07) is 1.90. The number of nitrogens with one attached hydrogen (secondary N) is 2. The van der Waals surface area contributed by atoms with Crippen molar-refractivity contribution in [2.75, 3.05) is 11.9 Å². The van der Waals surface area contributed by atoms with Gasteiger partial charge in [0.1, 0.15) is 0 Å². The highest BCUT2D eigenvalue weighted by molar-refractivity contribution is 7.10. The average Bonchev–Trinajstić information content (AvgIpc) is 2.64. The lowest BCUT2D eigenvalue weighted by molar-refractivity contribution is -0.114. The molecule has 0 aromatic carbocycles. The molecule has 4 nitrogen and oxygen atoms in total. The van der Waals surface area contributed by atoms with Gasteiger partial charge in [0.2, 0.25) is 5.91 Å². The van der Waals surface area contributed by atoms with Crippen LogP contribution in [0.4, 0.5) is 5.69 Å². The predicted molar refractivity (Wildman–Crippen MR) is 75.9 cm³/mol. The highest BCUT2D eigenvalue weighted by Gasteiger charge is 2.18. The van der Waals surface area contributed by atoms with Crippen LogP contribution in [0.25, 0.3) is 0 Å². The summed E-state index contributed by atoms with van der Waals surface area (Å²) >= 11 is 1.60. The Bertz CT molecular complexity index is 388. The summed E-state index contributed by atoms with van der Waals surface area (Å²) in [6.45, 7) is 6.61. The zero-order valence-electron chi connectivity index (χ0n) is 11.2. The monoisotopic (exact) mass is 270 g/mol. The molecule has 0 spiro atoms. The number of anilines is 1. The summed E-state index contributed by atoms with van der Waals surface area (Å²) in [7, 11) is 0. The minimum absolute atomic E-state index is 0.0624. The quantitative estimate of drug-likeness (QED) is 0.712. The summed E-state index contributed by atoms with van der Waals surface area (Å²) in [4.78, 5) is 12.1. The van der Waals surface area contributed by atoms with E-state index in [0.717, 1.165) is 23.4 Å². The van der Waals surface area contributed by atoms with Crippen molar-refractivity contribution in [1.82, 2.24) is 5.32 Å². The van der Waals surface area contributed by atoms with Crippen LogP contribution in [0.5, 0.6) is 0 Å². The lowest BCUT2D eigenvalue weighted by Gasteiger charge is -2.23. The van der Waals surface area contributed by atoms with Crippen molar-refractivity contribution in [3.05, 3.63) is 16.3 Å². The van der Waals surface area contributed by atoms with E-state index in [0.29, 0.717) is 13.1 Å². The molecule has 1 heterocycles. The van der Waals surface area contributed by atoms with Gasteiger partial charge < -0.3 is 15.7 Å². The molecule has 0 fully saturated rings. The third-order valence-corrected chi connectivity index (χ3v) is 3.56. The Kier molecular flexibility index (Phi) is 5.78. The molecule has 1 aromatic rings.